The molecule has 84 valence electrons. The summed E-state index contributed by atoms with van der Waals surface area (Å²) in [5.74, 6) is 0.849. The van der Waals surface area contributed by atoms with Crippen LogP contribution in [0.1, 0.15) is 39.5 Å². The Hall–Kier alpha value is 0.540. The van der Waals surface area contributed by atoms with E-state index in [1.54, 1.807) is 0 Å². The zero-order valence-corrected chi connectivity index (χ0v) is 10.6. The maximum Gasteiger partial charge on any atom is 0.0400 e. The Morgan fingerprint density at radius 1 is 1.43 bits per heavy atom. The number of halogens is 2. The molecule has 2 saturated carbocycles. The van der Waals surface area contributed by atoms with Gasteiger partial charge in [0.05, 0.1) is 0 Å². The Morgan fingerprint density at radius 3 is 2.43 bits per heavy atom. The van der Waals surface area contributed by atoms with Crippen LogP contribution in [0, 0.1) is 16.7 Å². The van der Waals surface area contributed by atoms with Gasteiger partial charge >= 0.3 is 0 Å². The molecule has 3 unspecified atom stereocenters. The number of hydrogen-bond acceptors (Lipinski definition) is 1. The lowest BCUT2D eigenvalue weighted by molar-refractivity contribution is 0.122. The molecule has 3 heteroatoms. The summed E-state index contributed by atoms with van der Waals surface area (Å²) in [5.41, 5.74) is 6.50. The van der Waals surface area contributed by atoms with Gasteiger partial charge in [-0.15, -0.1) is 24.0 Å². The van der Waals surface area contributed by atoms with E-state index in [-0.39, 0.29) is 12.4 Å². The number of alkyl halides is 1. The number of rotatable bonds is 2. The van der Waals surface area contributed by atoms with Crippen molar-refractivity contribution in [2.24, 2.45) is 22.5 Å². The molecule has 0 heterocycles. The Bertz CT molecular complexity index is 217. The van der Waals surface area contributed by atoms with Crippen molar-refractivity contribution in [2.75, 3.05) is 6.54 Å². The largest absolute Gasteiger partial charge is 0.330 e. The minimum atomic E-state index is 0. The van der Waals surface area contributed by atoms with E-state index >= 15 is 0 Å². The molecule has 0 amide bonds. The van der Waals surface area contributed by atoms with Crippen molar-refractivity contribution in [3.8, 4) is 0 Å². The van der Waals surface area contributed by atoms with Crippen molar-refractivity contribution in [1.82, 2.24) is 0 Å². The second-order valence-corrected chi connectivity index (χ2v) is 5.88. The van der Waals surface area contributed by atoms with Crippen LogP contribution < -0.4 is 5.73 Å². The smallest absolute Gasteiger partial charge is 0.0400 e. The molecule has 2 aliphatic rings. The average Bonchev–Trinajstić information content (AvgIpc) is 2.38. The lowest BCUT2D eigenvalue weighted by Gasteiger charge is -2.40. The normalized spacial score (nSPS) is 43.7. The molecule has 2 rings (SSSR count). The van der Waals surface area contributed by atoms with Crippen LogP contribution in [0.3, 0.4) is 0 Å². The van der Waals surface area contributed by atoms with Crippen LogP contribution in [0.4, 0.5) is 0 Å². The van der Waals surface area contributed by atoms with Gasteiger partial charge in [-0.3, -0.25) is 0 Å². The van der Waals surface area contributed by atoms with Crippen LogP contribution in [-0.4, -0.2) is 11.9 Å². The van der Waals surface area contributed by atoms with Crippen LogP contribution in [0.2, 0.25) is 0 Å². The molecule has 0 saturated heterocycles. The second kappa shape index (κ2) is 3.84. The zero-order valence-electron chi connectivity index (χ0n) is 9.05. The Balaban J connectivity index is 0.000000980. The lowest BCUT2D eigenvalue weighted by Crippen LogP contribution is -2.38. The van der Waals surface area contributed by atoms with Crippen LogP contribution in [-0.2, 0) is 0 Å². The molecular formula is C11H21Cl2N. The minimum Gasteiger partial charge on any atom is -0.330 e. The van der Waals surface area contributed by atoms with Gasteiger partial charge in [0.25, 0.3) is 0 Å². The quantitative estimate of drug-likeness (QED) is 0.734. The molecule has 14 heavy (non-hydrogen) atoms. The molecule has 0 aromatic carbocycles. The fourth-order valence-electron chi connectivity index (χ4n) is 3.83. The second-order valence-electron chi connectivity index (χ2n) is 5.36. The lowest BCUT2D eigenvalue weighted by atomic mass is 9.67. The number of nitrogens with two attached hydrogens (primary N) is 1. The van der Waals surface area contributed by atoms with Gasteiger partial charge in [-0.1, -0.05) is 13.8 Å². The molecule has 3 atom stereocenters. The topological polar surface area (TPSA) is 26.0 Å². The van der Waals surface area contributed by atoms with Crippen molar-refractivity contribution in [3.63, 3.8) is 0 Å². The van der Waals surface area contributed by atoms with Gasteiger partial charge < -0.3 is 5.73 Å². The molecule has 2 N–H and O–H groups in total. The molecular weight excluding hydrogens is 217 g/mol. The highest BCUT2D eigenvalue weighted by Gasteiger charge is 2.62. The molecule has 0 radical (unpaired) electrons. The molecule has 0 aromatic heterocycles. The minimum absolute atomic E-state index is 0. The fraction of sp³-hybridized carbons (Fsp3) is 1.00. The van der Waals surface area contributed by atoms with Crippen molar-refractivity contribution in [1.29, 1.82) is 0 Å². The SMILES string of the molecule is CC1(C)C2CCC1(CCN)C(Cl)C2.Cl. The molecule has 0 aliphatic heterocycles. The van der Waals surface area contributed by atoms with E-state index in [0.29, 0.717) is 16.2 Å². The summed E-state index contributed by atoms with van der Waals surface area (Å²) >= 11 is 6.47. The van der Waals surface area contributed by atoms with Gasteiger partial charge in [-0.2, -0.15) is 0 Å². The van der Waals surface area contributed by atoms with Crippen LogP contribution >= 0.6 is 24.0 Å². The Labute approximate surface area is 98.2 Å². The highest BCUT2D eigenvalue weighted by molar-refractivity contribution is 6.21. The van der Waals surface area contributed by atoms with Crippen molar-refractivity contribution in [2.45, 2.75) is 44.9 Å². The van der Waals surface area contributed by atoms with E-state index in [9.17, 15) is 0 Å². The first-order valence-electron chi connectivity index (χ1n) is 5.39. The van der Waals surface area contributed by atoms with E-state index < -0.39 is 0 Å². The summed E-state index contributed by atoms with van der Waals surface area (Å²) in [7, 11) is 0. The highest BCUT2D eigenvalue weighted by atomic mass is 35.5. The molecule has 2 aliphatic carbocycles. The predicted octanol–water partition coefficient (Wildman–Crippen LogP) is 3.19. The van der Waals surface area contributed by atoms with Gasteiger partial charge in [-0.05, 0) is 49.0 Å². The van der Waals surface area contributed by atoms with E-state index in [1.165, 1.54) is 19.3 Å². The van der Waals surface area contributed by atoms with E-state index in [4.69, 9.17) is 17.3 Å². The molecule has 0 aromatic rings. The molecule has 2 bridgehead atoms. The third-order valence-electron chi connectivity index (χ3n) is 4.92. The Kier molecular flexibility index (Phi) is 3.46. The third kappa shape index (κ3) is 1.32. The predicted molar refractivity (Wildman–Crippen MR) is 64.1 cm³/mol. The first kappa shape index (κ1) is 12.6. The van der Waals surface area contributed by atoms with Gasteiger partial charge in [0.2, 0.25) is 0 Å². The maximum atomic E-state index is 6.47. The standard InChI is InChI=1S/C11H20ClN.ClH/c1-10(2)8-3-4-11(10,5-6-13)9(12)7-8;/h8-9H,3-7,13H2,1-2H3;1H. The molecule has 1 nitrogen and oxygen atoms in total. The first-order chi connectivity index (χ1) is 6.04. The van der Waals surface area contributed by atoms with Crippen LogP contribution in [0.25, 0.3) is 0 Å². The van der Waals surface area contributed by atoms with E-state index in [2.05, 4.69) is 13.8 Å². The van der Waals surface area contributed by atoms with E-state index in [1.807, 2.05) is 0 Å². The zero-order chi connectivity index (χ0) is 9.69. The summed E-state index contributed by atoms with van der Waals surface area (Å²) in [6.45, 7) is 5.57. The fourth-order valence-corrected chi connectivity index (χ4v) is 4.55. The number of fused-ring (bicyclic) bond motifs is 2. The highest BCUT2D eigenvalue weighted by Crippen LogP contribution is 2.68. The maximum absolute atomic E-state index is 6.47. The molecule has 0 spiro atoms. The summed E-state index contributed by atoms with van der Waals surface area (Å²) in [6, 6.07) is 0. The number of hydrogen-bond donors (Lipinski definition) is 1. The van der Waals surface area contributed by atoms with Gasteiger partial charge in [0.15, 0.2) is 0 Å². The first-order valence-corrected chi connectivity index (χ1v) is 5.82. The molecule has 2 fully saturated rings. The van der Waals surface area contributed by atoms with Gasteiger partial charge in [-0.25, -0.2) is 0 Å². The van der Waals surface area contributed by atoms with Crippen molar-refractivity contribution < 1.29 is 0 Å². The third-order valence-corrected chi connectivity index (χ3v) is 5.52. The van der Waals surface area contributed by atoms with Crippen LogP contribution in [0.5, 0.6) is 0 Å². The van der Waals surface area contributed by atoms with Gasteiger partial charge in [0.1, 0.15) is 0 Å². The van der Waals surface area contributed by atoms with Crippen LogP contribution in [0.15, 0.2) is 0 Å². The van der Waals surface area contributed by atoms with Gasteiger partial charge in [0, 0.05) is 5.38 Å². The van der Waals surface area contributed by atoms with Crippen molar-refractivity contribution >= 4 is 24.0 Å². The monoisotopic (exact) mass is 237 g/mol. The Morgan fingerprint density at radius 2 is 2.07 bits per heavy atom. The average molecular weight is 238 g/mol. The summed E-state index contributed by atoms with van der Waals surface area (Å²) in [5, 5.41) is 0.379. The summed E-state index contributed by atoms with van der Waals surface area (Å²) in [4.78, 5) is 0. The summed E-state index contributed by atoms with van der Waals surface area (Å²) in [6.07, 6.45) is 5.01. The van der Waals surface area contributed by atoms with Crippen molar-refractivity contribution in [3.05, 3.63) is 0 Å². The van der Waals surface area contributed by atoms with E-state index in [0.717, 1.165) is 18.9 Å². The summed E-state index contributed by atoms with van der Waals surface area (Å²) < 4.78 is 0.